The third kappa shape index (κ3) is 5.58. The van der Waals surface area contributed by atoms with Crippen molar-refractivity contribution in [3.63, 3.8) is 0 Å². The molecule has 0 aromatic carbocycles. The summed E-state index contributed by atoms with van der Waals surface area (Å²) in [6.45, 7) is 1.42. The summed E-state index contributed by atoms with van der Waals surface area (Å²) < 4.78 is 40.6. The van der Waals surface area contributed by atoms with Gasteiger partial charge in [0.05, 0.1) is 5.92 Å². The highest BCUT2D eigenvalue weighted by Gasteiger charge is 2.29. The first-order chi connectivity index (χ1) is 10.1. The van der Waals surface area contributed by atoms with Gasteiger partial charge in [0.1, 0.15) is 0 Å². The first-order valence-corrected chi connectivity index (χ1v) is 6.29. The zero-order chi connectivity index (χ0) is 16.9. The van der Waals surface area contributed by atoms with Gasteiger partial charge in [0.2, 0.25) is 5.88 Å². The van der Waals surface area contributed by atoms with Crippen LogP contribution in [0.4, 0.5) is 13.2 Å². The minimum absolute atomic E-state index is 0.0246. The summed E-state index contributed by atoms with van der Waals surface area (Å²) in [5.41, 5.74) is 0.0246. The normalized spacial score (nSPS) is 14.0. The second kappa shape index (κ2) is 7.10. The van der Waals surface area contributed by atoms with Crippen LogP contribution in [-0.2, 0) is 4.79 Å². The highest BCUT2D eigenvalue weighted by Crippen LogP contribution is 2.17. The summed E-state index contributed by atoms with van der Waals surface area (Å²) in [5.74, 6) is -2.85. The predicted molar refractivity (Wildman–Crippen MR) is 69.5 cm³/mol. The first-order valence-electron chi connectivity index (χ1n) is 6.29. The molecule has 122 valence electrons. The molecule has 0 spiro atoms. The van der Waals surface area contributed by atoms with E-state index in [1.807, 2.05) is 0 Å². The van der Waals surface area contributed by atoms with Gasteiger partial charge in [-0.25, -0.2) is 4.98 Å². The lowest BCUT2D eigenvalue weighted by Crippen LogP contribution is -2.40. The molecule has 0 saturated heterocycles. The van der Waals surface area contributed by atoms with Gasteiger partial charge >= 0.3 is 12.1 Å². The van der Waals surface area contributed by atoms with Crippen molar-refractivity contribution in [2.24, 2.45) is 5.92 Å². The number of carbonyl (C=O) groups excluding carboxylic acids is 1. The number of aliphatic carboxylic acids is 1. The third-order valence-corrected chi connectivity index (χ3v) is 2.88. The molecule has 6 nitrogen and oxygen atoms in total. The van der Waals surface area contributed by atoms with E-state index < -0.39 is 36.6 Å². The van der Waals surface area contributed by atoms with Crippen LogP contribution in [0.3, 0.4) is 0 Å². The van der Waals surface area contributed by atoms with Crippen LogP contribution in [0.2, 0.25) is 0 Å². The number of amides is 1. The molecule has 1 rings (SSSR count). The Morgan fingerprint density at radius 3 is 2.59 bits per heavy atom. The van der Waals surface area contributed by atoms with Crippen molar-refractivity contribution >= 4 is 11.9 Å². The Balaban J connectivity index is 2.72. The van der Waals surface area contributed by atoms with Crippen LogP contribution in [0, 0.1) is 5.92 Å². The van der Waals surface area contributed by atoms with Crippen molar-refractivity contribution in [3.8, 4) is 5.88 Å². The molecule has 2 N–H and O–H groups in total. The molecular formula is C13H15F3N2O4. The maximum absolute atomic E-state index is 12.0. The quantitative estimate of drug-likeness (QED) is 0.835. The lowest BCUT2D eigenvalue weighted by Gasteiger charge is -2.17. The van der Waals surface area contributed by atoms with Gasteiger partial charge in [0.25, 0.3) is 5.91 Å². The number of hydrogen-bond acceptors (Lipinski definition) is 4. The molecule has 0 aliphatic heterocycles. The summed E-state index contributed by atoms with van der Waals surface area (Å²) in [6, 6.07) is 1.69. The average Bonchev–Trinajstić information content (AvgIpc) is 2.43. The topological polar surface area (TPSA) is 88.5 Å². The molecule has 1 amide bonds. The number of carbonyl (C=O) groups is 2. The van der Waals surface area contributed by atoms with Crippen molar-refractivity contribution in [2.75, 3.05) is 6.61 Å². The van der Waals surface area contributed by atoms with E-state index in [9.17, 15) is 22.8 Å². The Bertz CT molecular complexity index is 548. The molecule has 2 unspecified atom stereocenters. The molecular weight excluding hydrogens is 305 g/mol. The lowest BCUT2D eigenvalue weighted by molar-refractivity contribution is -0.154. The Morgan fingerprint density at radius 1 is 1.41 bits per heavy atom. The Labute approximate surface area is 124 Å². The summed E-state index contributed by atoms with van der Waals surface area (Å²) in [5, 5.41) is 11.3. The van der Waals surface area contributed by atoms with Crippen LogP contribution >= 0.6 is 0 Å². The fraction of sp³-hybridized carbons (Fsp3) is 0.462. The fourth-order valence-electron chi connectivity index (χ4n) is 1.41. The van der Waals surface area contributed by atoms with Crippen LogP contribution in [0.15, 0.2) is 18.3 Å². The minimum Gasteiger partial charge on any atom is -0.481 e. The van der Waals surface area contributed by atoms with E-state index in [1.54, 1.807) is 0 Å². The van der Waals surface area contributed by atoms with Gasteiger partial charge in [-0.05, 0) is 19.9 Å². The second-order valence-electron chi connectivity index (χ2n) is 4.68. The Morgan fingerprint density at radius 2 is 2.05 bits per heavy atom. The van der Waals surface area contributed by atoms with Gasteiger partial charge < -0.3 is 15.2 Å². The van der Waals surface area contributed by atoms with Crippen LogP contribution in [-0.4, -0.2) is 40.8 Å². The number of carboxylic acid groups (broad SMARTS) is 1. The molecule has 1 heterocycles. The molecule has 1 aromatic rings. The molecule has 0 fully saturated rings. The van der Waals surface area contributed by atoms with Crippen molar-refractivity contribution in [1.82, 2.24) is 10.3 Å². The highest BCUT2D eigenvalue weighted by molar-refractivity contribution is 5.94. The van der Waals surface area contributed by atoms with Gasteiger partial charge in [0.15, 0.2) is 6.61 Å². The van der Waals surface area contributed by atoms with E-state index in [-0.39, 0.29) is 11.4 Å². The van der Waals surface area contributed by atoms with Crippen molar-refractivity contribution in [1.29, 1.82) is 0 Å². The zero-order valence-corrected chi connectivity index (χ0v) is 11.8. The molecule has 0 aliphatic rings. The zero-order valence-electron chi connectivity index (χ0n) is 11.8. The maximum atomic E-state index is 12.0. The summed E-state index contributed by atoms with van der Waals surface area (Å²) in [4.78, 5) is 26.3. The van der Waals surface area contributed by atoms with Crippen LogP contribution in [0.25, 0.3) is 0 Å². The number of hydrogen-bond donors (Lipinski definition) is 2. The average molecular weight is 320 g/mol. The second-order valence-corrected chi connectivity index (χ2v) is 4.68. The summed E-state index contributed by atoms with van der Waals surface area (Å²) in [7, 11) is 0. The highest BCUT2D eigenvalue weighted by atomic mass is 19.4. The minimum atomic E-state index is -4.51. The van der Waals surface area contributed by atoms with E-state index in [0.29, 0.717) is 0 Å². The van der Waals surface area contributed by atoms with E-state index in [0.717, 1.165) is 12.3 Å². The molecule has 2 atom stereocenters. The number of ether oxygens (including phenoxy) is 1. The number of halogens is 3. The SMILES string of the molecule is CC(NC(=O)c1ccnc(OCC(F)(F)F)c1)C(C)C(=O)O. The monoisotopic (exact) mass is 320 g/mol. The molecule has 0 saturated carbocycles. The number of alkyl halides is 3. The number of carboxylic acids is 1. The smallest absolute Gasteiger partial charge is 0.422 e. The largest absolute Gasteiger partial charge is 0.481 e. The van der Waals surface area contributed by atoms with Crippen molar-refractivity contribution in [3.05, 3.63) is 23.9 Å². The van der Waals surface area contributed by atoms with Gasteiger partial charge in [-0.3, -0.25) is 9.59 Å². The standard InChI is InChI=1S/C13H15F3N2O4/c1-7(12(20)21)8(2)18-11(19)9-3-4-17-10(5-9)22-6-13(14,15)16/h3-5,7-8H,6H2,1-2H3,(H,18,19)(H,20,21). The number of aromatic nitrogens is 1. The summed E-state index contributed by atoms with van der Waals surface area (Å²) in [6.07, 6.45) is -3.38. The molecule has 22 heavy (non-hydrogen) atoms. The number of pyridine rings is 1. The van der Waals surface area contributed by atoms with E-state index in [1.165, 1.54) is 19.9 Å². The maximum Gasteiger partial charge on any atom is 0.422 e. The van der Waals surface area contributed by atoms with Crippen LogP contribution in [0.5, 0.6) is 5.88 Å². The van der Waals surface area contributed by atoms with Crippen LogP contribution < -0.4 is 10.1 Å². The van der Waals surface area contributed by atoms with Crippen molar-refractivity contribution in [2.45, 2.75) is 26.1 Å². The number of rotatable bonds is 6. The van der Waals surface area contributed by atoms with Gasteiger partial charge in [0, 0.05) is 23.9 Å². The number of nitrogens with one attached hydrogen (secondary N) is 1. The first kappa shape index (κ1) is 17.7. The summed E-state index contributed by atoms with van der Waals surface area (Å²) >= 11 is 0. The molecule has 0 radical (unpaired) electrons. The fourth-order valence-corrected chi connectivity index (χ4v) is 1.41. The number of nitrogens with zero attached hydrogens (tertiary/aromatic N) is 1. The lowest BCUT2D eigenvalue weighted by atomic mass is 10.0. The molecule has 0 bridgehead atoms. The van der Waals surface area contributed by atoms with E-state index in [4.69, 9.17) is 5.11 Å². The molecule has 9 heteroatoms. The van der Waals surface area contributed by atoms with E-state index >= 15 is 0 Å². The van der Waals surface area contributed by atoms with Gasteiger partial charge in [-0.15, -0.1) is 0 Å². The van der Waals surface area contributed by atoms with Gasteiger partial charge in [-0.2, -0.15) is 13.2 Å². The van der Waals surface area contributed by atoms with Gasteiger partial charge in [-0.1, -0.05) is 0 Å². The Hall–Kier alpha value is -2.32. The Kier molecular flexibility index (Phi) is 5.72. The van der Waals surface area contributed by atoms with E-state index in [2.05, 4.69) is 15.0 Å². The molecule has 1 aromatic heterocycles. The van der Waals surface area contributed by atoms with Crippen LogP contribution in [0.1, 0.15) is 24.2 Å². The molecule has 0 aliphatic carbocycles. The third-order valence-electron chi connectivity index (χ3n) is 2.88. The predicted octanol–water partition coefficient (Wildman–Crippen LogP) is 1.86. The van der Waals surface area contributed by atoms with Crippen molar-refractivity contribution < 1.29 is 32.6 Å².